The number of hydrogen-bond donors (Lipinski definition) is 1. The zero-order valence-corrected chi connectivity index (χ0v) is 12.3. The van der Waals surface area contributed by atoms with E-state index in [1.54, 1.807) is 0 Å². The van der Waals surface area contributed by atoms with Gasteiger partial charge in [-0.1, -0.05) is 33.1 Å². The highest BCUT2D eigenvalue weighted by Gasteiger charge is 2.28. The van der Waals surface area contributed by atoms with Crippen LogP contribution in [0.2, 0.25) is 0 Å². The van der Waals surface area contributed by atoms with E-state index in [0.717, 1.165) is 18.4 Å². The average molecular weight is 261 g/mol. The molecule has 1 saturated carbocycles. The Kier molecular flexibility index (Phi) is 5.77. The Balaban J connectivity index is 2.08. The van der Waals surface area contributed by atoms with Crippen LogP contribution in [-0.2, 0) is 0 Å². The van der Waals surface area contributed by atoms with Crippen LogP contribution in [0.15, 0.2) is 18.5 Å². The Hall–Kier alpha value is -0.960. The third kappa shape index (κ3) is 4.00. The molecule has 0 aromatic carbocycles. The highest BCUT2D eigenvalue weighted by molar-refractivity contribution is 5.13. The first-order valence-electron chi connectivity index (χ1n) is 7.85. The average Bonchev–Trinajstić information content (AvgIpc) is 2.49. The highest BCUT2D eigenvalue weighted by atomic mass is 15.1. The lowest BCUT2D eigenvalue weighted by Gasteiger charge is -2.35. The molecule has 0 bridgehead atoms. The van der Waals surface area contributed by atoms with Gasteiger partial charge in [0.05, 0.1) is 6.20 Å². The number of nitrogens with zero attached hydrogens (tertiary/aromatic N) is 2. The molecule has 1 aromatic heterocycles. The lowest BCUT2D eigenvalue weighted by molar-refractivity contribution is 0.209. The number of rotatable bonds is 6. The largest absolute Gasteiger partial charge is 0.310 e. The van der Waals surface area contributed by atoms with Crippen molar-refractivity contribution in [2.45, 2.75) is 58.4 Å². The van der Waals surface area contributed by atoms with Crippen LogP contribution in [0.25, 0.3) is 0 Å². The van der Waals surface area contributed by atoms with E-state index >= 15 is 0 Å². The normalized spacial score (nSPS) is 25.2. The topological polar surface area (TPSA) is 37.8 Å². The summed E-state index contributed by atoms with van der Waals surface area (Å²) in [5.74, 6) is 1.67. The van der Waals surface area contributed by atoms with Gasteiger partial charge in [-0.05, 0) is 49.3 Å². The molecule has 0 amide bonds. The highest BCUT2D eigenvalue weighted by Crippen LogP contribution is 2.38. The van der Waals surface area contributed by atoms with E-state index in [-0.39, 0.29) is 0 Å². The second kappa shape index (κ2) is 7.59. The Morgan fingerprint density at radius 3 is 2.89 bits per heavy atom. The molecule has 3 atom stereocenters. The molecule has 1 aliphatic rings. The van der Waals surface area contributed by atoms with Crippen LogP contribution in [0.1, 0.15) is 64.0 Å². The summed E-state index contributed by atoms with van der Waals surface area (Å²) in [6.45, 7) is 5.64. The monoisotopic (exact) mass is 261 g/mol. The molecule has 1 heterocycles. The van der Waals surface area contributed by atoms with Crippen molar-refractivity contribution in [3.8, 4) is 0 Å². The molecule has 3 nitrogen and oxygen atoms in total. The summed E-state index contributed by atoms with van der Waals surface area (Å²) in [5.41, 5.74) is 1.31. The molecule has 3 heteroatoms. The van der Waals surface area contributed by atoms with E-state index in [1.165, 1.54) is 44.1 Å². The van der Waals surface area contributed by atoms with Crippen LogP contribution < -0.4 is 5.32 Å². The van der Waals surface area contributed by atoms with Crippen molar-refractivity contribution in [2.24, 2.45) is 11.8 Å². The maximum absolute atomic E-state index is 4.06. The van der Waals surface area contributed by atoms with Crippen molar-refractivity contribution in [2.75, 3.05) is 6.54 Å². The lowest BCUT2D eigenvalue weighted by atomic mass is 9.75. The molecular formula is C16H27N3. The van der Waals surface area contributed by atoms with Gasteiger partial charge >= 0.3 is 0 Å². The van der Waals surface area contributed by atoms with Gasteiger partial charge in [-0.15, -0.1) is 0 Å². The van der Waals surface area contributed by atoms with Gasteiger partial charge in [-0.3, -0.25) is 0 Å². The van der Waals surface area contributed by atoms with Crippen LogP contribution in [0.4, 0.5) is 0 Å². The lowest BCUT2D eigenvalue weighted by Crippen LogP contribution is -2.32. The van der Waals surface area contributed by atoms with Crippen molar-refractivity contribution >= 4 is 0 Å². The molecule has 2 rings (SSSR count). The summed E-state index contributed by atoms with van der Waals surface area (Å²) in [7, 11) is 0. The fraction of sp³-hybridized carbons (Fsp3) is 0.750. The van der Waals surface area contributed by atoms with Crippen LogP contribution in [0, 0.1) is 11.8 Å². The fourth-order valence-corrected chi connectivity index (χ4v) is 3.35. The Labute approximate surface area is 117 Å². The minimum absolute atomic E-state index is 0.463. The molecule has 19 heavy (non-hydrogen) atoms. The predicted octanol–water partition coefficient (Wildman–Crippen LogP) is 3.73. The van der Waals surface area contributed by atoms with Crippen molar-refractivity contribution < 1.29 is 0 Å². The summed E-state index contributed by atoms with van der Waals surface area (Å²) >= 11 is 0. The van der Waals surface area contributed by atoms with Gasteiger partial charge in [0.25, 0.3) is 0 Å². The van der Waals surface area contributed by atoms with E-state index in [0.29, 0.717) is 6.04 Å². The third-order valence-electron chi connectivity index (χ3n) is 4.45. The van der Waals surface area contributed by atoms with Crippen molar-refractivity contribution in [3.63, 3.8) is 0 Å². The van der Waals surface area contributed by atoms with Crippen LogP contribution >= 0.6 is 0 Å². The number of hydrogen-bond acceptors (Lipinski definition) is 3. The summed E-state index contributed by atoms with van der Waals surface area (Å²) < 4.78 is 0. The van der Waals surface area contributed by atoms with Gasteiger partial charge in [0.15, 0.2) is 0 Å². The first kappa shape index (κ1) is 14.4. The fourth-order valence-electron chi connectivity index (χ4n) is 3.35. The summed E-state index contributed by atoms with van der Waals surface area (Å²) in [6, 6.07) is 2.58. The molecule has 1 fully saturated rings. The van der Waals surface area contributed by atoms with Gasteiger partial charge in [-0.25, -0.2) is 0 Å². The van der Waals surface area contributed by atoms with E-state index in [1.807, 2.05) is 12.4 Å². The second-order valence-electron chi connectivity index (χ2n) is 5.81. The predicted molar refractivity (Wildman–Crippen MR) is 78.8 cm³/mol. The quantitative estimate of drug-likeness (QED) is 0.848. The molecule has 1 aliphatic carbocycles. The third-order valence-corrected chi connectivity index (χ3v) is 4.45. The minimum Gasteiger partial charge on any atom is -0.310 e. The zero-order valence-electron chi connectivity index (χ0n) is 12.3. The first-order valence-corrected chi connectivity index (χ1v) is 7.85. The van der Waals surface area contributed by atoms with Crippen molar-refractivity contribution in [1.82, 2.24) is 15.5 Å². The maximum atomic E-state index is 4.06. The standard InChI is InChI=1S/C16H27N3/c1-3-9-17-16(15-8-10-18-19-12-15)14-7-5-6-13(4-2)11-14/h8,10,12-14,16-17H,3-7,9,11H2,1-2H3. The van der Waals surface area contributed by atoms with Gasteiger partial charge in [0.2, 0.25) is 0 Å². The van der Waals surface area contributed by atoms with E-state index in [9.17, 15) is 0 Å². The van der Waals surface area contributed by atoms with Gasteiger partial charge in [-0.2, -0.15) is 10.2 Å². The SMILES string of the molecule is CCCNC(c1ccnnc1)C1CCCC(CC)C1. The van der Waals surface area contributed by atoms with E-state index < -0.39 is 0 Å². The molecule has 106 valence electrons. The second-order valence-corrected chi connectivity index (χ2v) is 5.81. The number of aromatic nitrogens is 2. The summed E-state index contributed by atoms with van der Waals surface area (Å²) in [4.78, 5) is 0. The smallest absolute Gasteiger partial charge is 0.0544 e. The first-order chi connectivity index (χ1) is 9.35. The molecular weight excluding hydrogens is 234 g/mol. The maximum Gasteiger partial charge on any atom is 0.0544 e. The Morgan fingerprint density at radius 2 is 2.21 bits per heavy atom. The molecule has 0 spiro atoms. The van der Waals surface area contributed by atoms with Crippen LogP contribution in [0.5, 0.6) is 0 Å². The van der Waals surface area contributed by atoms with Crippen LogP contribution in [0.3, 0.4) is 0 Å². The molecule has 0 saturated heterocycles. The zero-order chi connectivity index (χ0) is 13.5. The van der Waals surface area contributed by atoms with Crippen molar-refractivity contribution in [3.05, 3.63) is 24.0 Å². The van der Waals surface area contributed by atoms with Crippen LogP contribution in [-0.4, -0.2) is 16.7 Å². The molecule has 1 aromatic rings. The van der Waals surface area contributed by atoms with Crippen molar-refractivity contribution in [1.29, 1.82) is 0 Å². The summed E-state index contributed by atoms with van der Waals surface area (Å²) in [6.07, 6.45) is 11.8. The van der Waals surface area contributed by atoms with Gasteiger partial charge in [0.1, 0.15) is 0 Å². The van der Waals surface area contributed by atoms with Gasteiger partial charge < -0.3 is 5.32 Å². The minimum atomic E-state index is 0.463. The van der Waals surface area contributed by atoms with Gasteiger partial charge in [0, 0.05) is 12.2 Å². The molecule has 1 N–H and O–H groups in total. The molecule has 3 unspecified atom stereocenters. The molecule has 0 radical (unpaired) electrons. The number of nitrogens with one attached hydrogen (secondary N) is 1. The Morgan fingerprint density at radius 1 is 1.32 bits per heavy atom. The van der Waals surface area contributed by atoms with E-state index in [2.05, 4.69) is 35.4 Å². The Bertz CT molecular complexity index is 352. The molecule has 0 aliphatic heterocycles. The summed E-state index contributed by atoms with van der Waals surface area (Å²) in [5, 5.41) is 11.7. The van der Waals surface area contributed by atoms with E-state index in [4.69, 9.17) is 0 Å².